The first-order valence-corrected chi connectivity index (χ1v) is 10.8. The summed E-state index contributed by atoms with van der Waals surface area (Å²) in [7, 11) is 3.11. The molecular formula is C22H31N5O6. The van der Waals surface area contributed by atoms with Gasteiger partial charge < -0.3 is 29.2 Å². The van der Waals surface area contributed by atoms with Crippen LogP contribution < -0.4 is 26.0 Å². The molecule has 3 rings (SSSR count). The highest BCUT2D eigenvalue weighted by Gasteiger charge is 2.20. The molecule has 3 aromatic rings. The Balaban J connectivity index is 1.77. The van der Waals surface area contributed by atoms with E-state index in [0.29, 0.717) is 30.6 Å². The molecule has 1 aromatic carbocycles. The van der Waals surface area contributed by atoms with Crippen molar-refractivity contribution in [3.63, 3.8) is 0 Å². The van der Waals surface area contributed by atoms with Crippen molar-refractivity contribution in [2.24, 2.45) is 7.05 Å². The van der Waals surface area contributed by atoms with Crippen molar-refractivity contribution in [3.05, 3.63) is 45.1 Å². The number of hydrogen-bond acceptors (Lipinski definition) is 8. The van der Waals surface area contributed by atoms with Crippen LogP contribution in [0.3, 0.4) is 0 Å². The molecule has 0 aliphatic rings. The van der Waals surface area contributed by atoms with Gasteiger partial charge in [0.1, 0.15) is 24.2 Å². The zero-order valence-electron chi connectivity index (χ0n) is 19.3. The van der Waals surface area contributed by atoms with Gasteiger partial charge in [-0.2, -0.15) is 4.98 Å². The third kappa shape index (κ3) is 6.14. The molecule has 0 aliphatic carbocycles. The van der Waals surface area contributed by atoms with E-state index in [1.54, 1.807) is 35.9 Å². The van der Waals surface area contributed by atoms with Crippen LogP contribution >= 0.6 is 0 Å². The number of H-pyrrole nitrogens is 1. The fraction of sp³-hybridized carbons (Fsp3) is 0.500. The van der Waals surface area contributed by atoms with Crippen molar-refractivity contribution in [3.8, 4) is 11.5 Å². The first-order valence-electron chi connectivity index (χ1n) is 10.8. The van der Waals surface area contributed by atoms with E-state index in [9.17, 15) is 14.7 Å². The van der Waals surface area contributed by atoms with Crippen LogP contribution in [0.15, 0.2) is 33.9 Å². The van der Waals surface area contributed by atoms with Gasteiger partial charge in [-0.05, 0) is 44.5 Å². The molecule has 0 saturated heterocycles. The molecule has 11 heteroatoms. The summed E-state index contributed by atoms with van der Waals surface area (Å²) in [6.07, 6.45) is -0.0748. The number of nitrogens with one attached hydrogen (secondary N) is 2. The number of benzene rings is 1. The molecule has 3 N–H and O–H groups in total. The monoisotopic (exact) mass is 461 g/mol. The smallest absolute Gasteiger partial charge is 0.329 e. The van der Waals surface area contributed by atoms with E-state index in [0.717, 1.165) is 6.42 Å². The maximum Gasteiger partial charge on any atom is 0.329 e. The zero-order valence-corrected chi connectivity index (χ0v) is 19.3. The summed E-state index contributed by atoms with van der Waals surface area (Å²) in [5.74, 6) is 1.66. The molecule has 1 atom stereocenters. The molecule has 33 heavy (non-hydrogen) atoms. The zero-order chi connectivity index (χ0) is 24.0. The second kappa shape index (κ2) is 11.0. The predicted octanol–water partition coefficient (Wildman–Crippen LogP) is 1.10. The molecule has 11 nitrogen and oxygen atoms in total. The van der Waals surface area contributed by atoms with Gasteiger partial charge in [0, 0.05) is 20.2 Å². The minimum Gasteiger partial charge on any atom is -0.497 e. The molecule has 0 radical (unpaired) electrons. The van der Waals surface area contributed by atoms with Gasteiger partial charge in [-0.3, -0.25) is 14.3 Å². The summed E-state index contributed by atoms with van der Waals surface area (Å²) in [4.78, 5) is 31.3. The van der Waals surface area contributed by atoms with Crippen LogP contribution in [0.5, 0.6) is 11.5 Å². The molecule has 180 valence electrons. The molecule has 0 saturated carbocycles. The Morgan fingerprint density at radius 2 is 1.88 bits per heavy atom. The normalized spacial score (nSPS) is 12.3. The molecule has 2 heterocycles. The maximum absolute atomic E-state index is 12.6. The Bertz CT molecular complexity index is 1160. The summed E-state index contributed by atoms with van der Waals surface area (Å²) >= 11 is 0. The number of fused-ring (bicyclic) bond motifs is 1. The molecule has 0 unspecified atom stereocenters. The van der Waals surface area contributed by atoms with E-state index in [2.05, 4.69) is 15.3 Å². The van der Waals surface area contributed by atoms with Crippen LogP contribution in [0.25, 0.3) is 11.2 Å². The molecule has 0 spiro atoms. The Morgan fingerprint density at radius 1 is 1.18 bits per heavy atom. The lowest BCUT2D eigenvalue weighted by molar-refractivity contribution is 0.0786. The molecule has 0 fully saturated rings. The van der Waals surface area contributed by atoms with Gasteiger partial charge >= 0.3 is 5.69 Å². The number of nitrogens with zero attached hydrogens (tertiary/aromatic N) is 3. The summed E-state index contributed by atoms with van der Waals surface area (Å²) in [6, 6.07) is 7.00. The second-order valence-corrected chi connectivity index (χ2v) is 7.88. The fourth-order valence-electron chi connectivity index (χ4n) is 3.27. The summed E-state index contributed by atoms with van der Waals surface area (Å²) in [5.41, 5.74) is -0.702. The number of methoxy groups -OCH3 is 1. The lowest BCUT2D eigenvalue weighted by Gasteiger charge is -2.16. The second-order valence-electron chi connectivity index (χ2n) is 7.88. The maximum atomic E-state index is 12.6. The largest absolute Gasteiger partial charge is 0.497 e. The van der Waals surface area contributed by atoms with E-state index >= 15 is 0 Å². The number of ether oxygens (including phenoxy) is 3. The van der Waals surface area contributed by atoms with Gasteiger partial charge in [0.05, 0.1) is 19.8 Å². The van der Waals surface area contributed by atoms with Crippen molar-refractivity contribution in [2.45, 2.75) is 39.0 Å². The van der Waals surface area contributed by atoms with E-state index < -0.39 is 17.4 Å². The van der Waals surface area contributed by atoms with Crippen LogP contribution in [0.2, 0.25) is 0 Å². The molecule has 0 aliphatic heterocycles. The first kappa shape index (κ1) is 24.3. The number of aromatic nitrogens is 4. The summed E-state index contributed by atoms with van der Waals surface area (Å²) in [6.45, 7) is 5.09. The lowest BCUT2D eigenvalue weighted by Crippen LogP contribution is -2.31. The van der Waals surface area contributed by atoms with Gasteiger partial charge in [0.2, 0.25) is 5.95 Å². The van der Waals surface area contributed by atoms with Gasteiger partial charge in [0.15, 0.2) is 11.2 Å². The third-order valence-electron chi connectivity index (χ3n) is 4.96. The average Bonchev–Trinajstić information content (AvgIpc) is 3.14. The minimum absolute atomic E-state index is 0.00264. The quantitative estimate of drug-likeness (QED) is 0.342. The number of imidazole rings is 1. The van der Waals surface area contributed by atoms with Crippen LogP contribution in [-0.2, 0) is 18.3 Å². The highest BCUT2D eigenvalue weighted by molar-refractivity contribution is 5.74. The van der Waals surface area contributed by atoms with Gasteiger partial charge in [0.25, 0.3) is 5.56 Å². The van der Waals surface area contributed by atoms with Crippen LogP contribution in [0.4, 0.5) is 5.95 Å². The third-order valence-corrected chi connectivity index (χ3v) is 4.96. The highest BCUT2D eigenvalue weighted by atomic mass is 16.5. The number of hydrogen-bond donors (Lipinski definition) is 3. The number of aromatic amines is 1. The van der Waals surface area contributed by atoms with Gasteiger partial charge in [-0.1, -0.05) is 0 Å². The Morgan fingerprint density at radius 3 is 2.55 bits per heavy atom. The standard InChI is InChI=1S/C22H31N5O6/c1-14(2)32-11-5-10-23-21-24-19-18(20(29)25-22(30)26(19)3)27(21)12-15(28)13-33-17-8-6-16(31-4)7-9-17/h6-9,14-15,28H,5,10-13H2,1-4H3,(H,23,24)(H,25,29,30)/t15-/m0/s1. The molecular weight excluding hydrogens is 430 g/mol. The average molecular weight is 462 g/mol. The topological polar surface area (TPSA) is 133 Å². The van der Waals surface area contributed by atoms with Crippen molar-refractivity contribution in [1.29, 1.82) is 0 Å². The van der Waals surface area contributed by atoms with Crippen molar-refractivity contribution in [1.82, 2.24) is 19.1 Å². The number of aryl methyl sites for hydroxylation is 1. The Kier molecular flexibility index (Phi) is 8.12. The SMILES string of the molecule is COc1ccc(OC[C@@H](O)Cn2c(NCCCOC(C)C)nc3c2c(=O)[nH]c(=O)n3C)cc1. The van der Waals surface area contributed by atoms with Crippen LogP contribution in [-0.4, -0.2) is 63.3 Å². The van der Waals surface area contributed by atoms with Gasteiger partial charge in [-0.15, -0.1) is 0 Å². The van der Waals surface area contributed by atoms with E-state index in [4.69, 9.17) is 14.2 Å². The molecule has 0 bridgehead atoms. The predicted molar refractivity (Wildman–Crippen MR) is 124 cm³/mol. The van der Waals surface area contributed by atoms with Gasteiger partial charge in [-0.25, -0.2) is 4.79 Å². The highest BCUT2D eigenvalue weighted by Crippen LogP contribution is 2.19. The summed E-state index contributed by atoms with van der Waals surface area (Å²) < 4.78 is 19.2. The molecule has 0 amide bonds. The van der Waals surface area contributed by atoms with Crippen molar-refractivity contribution >= 4 is 17.1 Å². The number of aliphatic hydroxyl groups is 1. The Labute approximate surface area is 190 Å². The van der Waals surface area contributed by atoms with E-state index in [1.165, 1.54) is 11.6 Å². The van der Waals surface area contributed by atoms with E-state index in [-0.39, 0.29) is 30.4 Å². The lowest BCUT2D eigenvalue weighted by atomic mass is 10.3. The van der Waals surface area contributed by atoms with E-state index in [1.807, 2.05) is 13.8 Å². The number of rotatable bonds is 12. The number of aliphatic hydroxyl groups excluding tert-OH is 1. The van der Waals surface area contributed by atoms with Crippen LogP contribution in [0, 0.1) is 0 Å². The van der Waals surface area contributed by atoms with Crippen molar-refractivity contribution in [2.75, 3.05) is 32.2 Å². The van der Waals surface area contributed by atoms with Crippen molar-refractivity contribution < 1.29 is 19.3 Å². The minimum atomic E-state index is -0.939. The number of anilines is 1. The summed E-state index contributed by atoms with van der Waals surface area (Å²) in [5, 5.41) is 13.8. The molecule has 2 aromatic heterocycles. The first-order chi connectivity index (χ1) is 15.8. The van der Waals surface area contributed by atoms with Crippen LogP contribution in [0.1, 0.15) is 20.3 Å². The Hall–Kier alpha value is -3.31. The fourth-order valence-corrected chi connectivity index (χ4v) is 3.27.